The Balaban J connectivity index is 1.76. The van der Waals surface area contributed by atoms with Crippen LogP contribution in [0.3, 0.4) is 0 Å². The predicted molar refractivity (Wildman–Crippen MR) is 99.7 cm³/mol. The van der Waals surface area contributed by atoms with Crippen molar-refractivity contribution in [2.75, 3.05) is 17.2 Å². The minimum absolute atomic E-state index is 0.0881. The van der Waals surface area contributed by atoms with Gasteiger partial charge < -0.3 is 15.4 Å². The van der Waals surface area contributed by atoms with Crippen LogP contribution < -0.4 is 15.4 Å². The third kappa shape index (κ3) is 4.25. The first-order valence-electron chi connectivity index (χ1n) is 7.12. The summed E-state index contributed by atoms with van der Waals surface area (Å²) >= 11 is 18.1. The van der Waals surface area contributed by atoms with Gasteiger partial charge in [-0.3, -0.25) is 9.59 Å². The highest BCUT2D eigenvalue weighted by molar-refractivity contribution is 6.35. The van der Waals surface area contributed by atoms with Gasteiger partial charge in [0.1, 0.15) is 5.75 Å². The van der Waals surface area contributed by atoms with E-state index in [0.29, 0.717) is 32.7 Å². The van der Waals surface area contributed by atoms with Crippen molar-refractivity contribution in [3.05, 3.63) is 57.0 Å². The Hall–Kier alpha value is -2.21. The molecule has 1 aliphatic rings. The molecule has 0 saturated heterocycles. The molecule has 0 bridgehead atoms. The third-order valence-electron chi connectivity index (χ3n) is 3.33. The van der Waals surface area contributed by atoms with Crippen LogP contribution in [0.1, 0.15) is 5.56 Å². The summed E-state index contributed by atoms with van der Waals surface area (Å²) in [4.78, 5) is 23.4. The summed E-state index contributed by atoms with van der Waals surface area (Å²) in [5, 5.41) is 6.55. The van der Waals surface area contributed by atoms with E-state index >= 15 is 0 Å². The van der Waals surface area contributed by atoms with Gasteiger partial charge >= 0.3 is 0 Å². The number of benzene rings is 2. The van der Waals surface area contributed by atoms with Gasteiger partial charge in [-0.25, -0.2) is 0 Å². The number of nitrogens with one attached hydrogen (secondary N) is 2. The molecule has 0 spiro atoms. The fourth-order valence-corrected chi connectivity index (χ4v) is 2.75. The monoisotopic (exact) mass is 396 g/mol. The van der Waals surface area contributed by atoms with E-state index in [1.54, 1.807) is 30.3 Å². The molecular formula is C17H11Cl3N2O3. The van der Waals surface area contributed by atoms with Crippen molar-refractivity contribution in [2.45, 2.75) is 0 Å². The zero-order valence-electron chi connectivity index (χ0n) is 12.6. The van der Waals surface area contributed by atoms with Gasteiger partial charge in [0, 0.05) is 22.2 Å². The molecule has 8 heteroatoms. The Labute approximate surface area is 158 Å². The van der Waals surface area contributed by atoms with Crippen LogP contribution >= 0.6 is 34.8 Å². The standard InChI is InChI=1S/C17H11Cl3N2O3/c18-10-2-3-11(19)9(5-10)1-4-16(23)21-13-7-15-14(6-12(13)20)22-17(24)8-25-15/h1-7H,8H2,(H,21,23)(H,22,24)/b4-1+. The summed E-state index contributed by atoms with van der Waals surface area (Å²) in [5.41, 5.74) is 1.44. The van der Waals surface area contributed by atoms with E-state index in [0.717, 1.165) is 0 Å². The van der Waals surface area contributed by atoms with Crippen molar-refractivity contribution in [1.29, 1.82) is 0 Å². The van der Waals surface area contributed by atoms with E-state index in [1.165, 1.54) is 12.1 Å². The summed E-state index contributed by atoms with van der Waals surface area (Å²) in [6.45, 7) is -0.0881. The number of carbonyl (C=O) groups is 2. The van der Waals surface area contributed by atoms with Crippen LogP contribution in [0.4, 0.5) is 11.4 Å². The van der Waals surface area contributed by atoms with Crippen molar-refractivity contribution in [3.63, 3.8) is 0 Å². The first-order chi connectivity index (χ1) is 11.9. The first kappa shape index (κ1) is 17.6. The van der Waals surface area contributed by atoms with Crippen molar-refractivity contribution in [2.24, 2.45) is 0 Å². The minimum Gasteiger partial charge on any atom is -0.482 e. The summed E-state index contributed by atoms with van der Waals surface area (Å²) in [6, 6.07) is 8.02. The Morgan fingerprint density at radius 3 is 2.76 bits per heavy atom. The zero-order valence-corrected chi connectivity index (χ0v) is 14.9. The maximum Gasteiger partial charge on any atom is 0.262 e. The zero-order chi connectivity index (χ0) is 18.0. The lowest BCUT2D eigenvalue weighted by Crippen LogP contribution is -2.25. The Morgan fingerprint density at radius 2 is 1.96 bits per heavy atom. The number of hydrogen-bond acceptors (Lipinski definition) is 3. The molecule has 5 nitrogen and oxygen atoms in total. The average Bonchev–Trinajstić information content (AvgIpc) is 2.56. The molecule has 0 saturated carbocycles. The van der Waals surface area contributed by atoms with Gasteiger partial charge in [0.2, 0.25) is 5.91 Å². The van der Waals surface area contributed by atoms with Gasteiger partial charge in [-0.1, -0.05) is 34.8 Å². The second-order valence-corrected chi connectivity index (χ2v) is 6.40. The lowest BCUT2D eigenvalue weighted by molar-refractivity contribution is -0.118. The number of anilines is 2. The quantitative estimate of drug-likeness (QED) is 0.742. The van der Waals surface area contributed by atoms with Crippen LogP contribution in [0, 0.1) is 0 Å². The van der Waals surface area contributed by atoms with Crippen LogP contribution in [-0.2, 0) is 9.59 Å². The molecule has 0 atom stereocenters. The maximum atomic E-state index is 12.1. The summed E-state index contributed by atoms with van der Waals surface area (Å²) in [7, 11) is 0. The topological polar surface area (TPSA) is 67.4 Å². The van der Waals surface area contributed by atoms with Crippen molar-refractivity contribution in [3.8, 4) is 5.75 Å². The van der Waals surface area contributed by atoms with E-state index in [4.69, 9.17) is 39.5 Å². The largest absolute Gasteiger partial charge is 0.482 e. The van der Waals surface area contributed by atoms with E-state index < -0.39 is 5.91 Å². The number of fused-ring (bicyclic) bond motifs is 1. The Morgan fingerprint density at radius 1 is 1.16 bits per heavy atom. The molecule has 0 aliphatic carbocycles. The molecule has 2 aromatic carbocycles. The molecule has 128 valence electrons. The molecule has 1 aliphatic heterocycles. The summed E-state index contributed by atoms with van der Waals surface area (Å²) in [5.74, 6) is -0.236. The lowest BCUT2D eigenvalue weighted by Gasteiger charge is -2.19. The van der Waals surface area contributed by atoms with Crippen molar-refractivity contribution >= 4 is 64.1 Å². The molecule has 0 fully saturated rings. The molecule has 25 heavy (non-hydrogen) atoms. The smallest absolute Gasteiger partial charge is 0.262 e. The number of halogens is 3. The number of ether oxygens (including phenoxy) is 1. The van der Waals surface area contributed by atoms with Gasteiger partial charge in [0.05, 0.1) is 16.4 Å². The predicted octanol–water partition coefficient (Wildman–Crippen LogP) is 4.63. The fraction of sp³-hybridized carbons (Fsp3) is 0.0588. The molecule has 2 N–H and O–H groups in total. The van der Waals surface area contributed by atoms with Crippen LogP contribution in [0.15, 0.2) is 36.4 Å². The van der Waals surface area contributed by atoms with E-state index in [-0.39, 0.29) is 17.5 Å². The van der Waals surface area contributed by atoms with E-state index in [9.17, 15) is 9.59 Å². The number of rotatable bonds is 3. The van der Waals surface area contributed by atoms with Gasteiger partial charge in [0.15, 0.2) is 6.61 Å². The van der Waals surface area contributed by atoms with Gasteiger partial charge in [0.25, 0.3) is 5.91 Å². The fourth-order valence-electron chi connectivity index (χ4n) is 2.18. The lowest BCUT2D eigenvalue weighted by atomic mass is 10.2. The molecule has 0 radical (unpaired) electrons. The highest BCUT2D eigenvalue weighted by Gasteiger charge is 2.18. The molecule has 2 amide bonds. The first-order valence-corrected chi connectivity index (χ1v) is 8.26. The van der Waals surface area contributed by atoms with E-state index in [2.05, 4.69) is 10.6 Å². The highest BCUT2D eigenvalue weighted by Crippen LogP contribution is 2.36. The summed E-state index contributed by atoms with van der Waals surface area (Å²) < 4.78 is 5.30. The number of hydrogen-bond donors (Lipinski definition) is 2. The molecule has 3 rings (SSSR count). The molecule has 1 heterocycles. The molecular weight excluding hydrogens is 387 g/mol. The van der Waals surface area contributed by atoms with E-state index in [1.807, 2.05) is 0 Å². The SMILES string of the molecule is O=C(/C=C/c1cc(Cl)ccc1Cl)Nc1cc2c(cc1Cl)NC(=O)CO2. The second kappa shape index (κ2) is 7.35. The third-order valence-corrected chi connectivity index (χ3v) is 4.22. The maximum absolute atomic E-state index is 12.1. The molecule has 0 aromatic heterocycles. The Bertz CT molecular complexity index is 897. The van der Waals surface area contributed by atoms with Crippen LogP contribution in [0.2, 0.25) is 15.1 Å². The van der Waals surface area contributed by atoms with Crippen LogP contribution in [-0.4, -0.2) is 18.4 Å². The number of carbonyl (C=O) groups excluding carboxylic acids is 2. The van der Waals surface area contributed by atoms with Crippen LogP contribution in [0.5, 0.6) is 5.75 Å². The average molecular weight is 398 g/mol. The molecule has 0 unspecified atom stereocenters. The number of amides is 2. The second-order valence-electron chi connectivity index (χ2n) is 5.15. The highest BCUT2D eigenvalue weighted by atomic mass is 35.5. The summed E-state index contributed by atoms with van der Waals surface area (Å²) in [6.07, 6.45) is 2.86. The minimum atomic E-state index is -0.405. The van der Waals surface area contributed by atoms with Gasteiger partial charge in [-0.2, -0.15) is 0 Å². The van der Waals surface area contributed by atoms with Crippen molar-refractivity contribution < 1.29 is 14.3 Å². The normalized spacial score (nSPS) is 13.2. The Kier molecular flexibility index (Phi) is 5.18. The van der Waals surface area contributed by atoms with Crippen LogP contribution in [0.25, 0.3) is 6.08 Å². The van der Waals surface area contributed by atoms with Gasteiger partial charge in [-0.05, 0) is 35.9 Å². The van der Waals surface area contributed by atoms with Gasteiger partial charge in [-0.15, -0.1) is 0 Å². The molecule has 2 aromatic rings. The van der Waals surface area contributed by atoms with Crippen molar-refractivity contribution in [1.82, 2.24) is 0 Å².